The second-order valence-corrected chi connectivity index (χ2v) is 11.1. The number of pyridine rings is 1. The van der Waals surface area contributed by atoms with Crippen molar-refractivity contribution < 1.29 is 14.3 Å². The maximum absolute atomic E-state index is 14.0. The molecule has 2 heterocycles. The molecule has 41 heavy (non-hydrogen) atoms. The van der Waals surface area contributed by atoms with Crippen LogP contribution in [0.4, 0.5) is 4.79 Å². The van der Waals surface area contributed by atoms with Gasteiger partial charge in [0.1, 0.15) is 12.1 Å². The van der Waals surface area contributed by atoms with Crippen molar-refractivity contribution in [2.75, 3.05) is 6.54 Å². The number of carbonyl (C=O) groups excluding carboxylic acids is 2. The van der Waals surface area contributed by atoms with Gasteiger partial charge in [-0.25, -0.2) is 4.79 Å². The molecule has 2 aromatic heterocycles. The highest BCUT2D eigenvalue weighted by Crippen LogP contribution is 2.38. The fourth-order valence-electron chi connectivity index (χ4n) is 5.85. The molecule has 210 valence electrons. The number of nitrogens with one attached hydrogen (secondary N) is 3. The van der Waals surface area contributed by atoms with Crippen molar-refractivity contribution >= 4 is 22.9 Å². The van der Waals surface area contributed by atoms with Gasteiger partial charge >= 0.3 is 6.09 Å². The van der Waals surface area contributed by atoms with Crippen molar-refractivity contribution in [3.8, 4) is 6.07 Å². The average molecular weight is 550 g/mol. The normalized spacial score (nSPS) is 15.8. The van der Waals surface area contributed by atoms with Gasteiger partial charge in [0.05, 0.1) is 11.6 Å². The Labute approximate surface area is 240 Å². The number of hydrogen-bond donors (Lipinski definition) is 3. The number of H-pyrrole nitrogens is 1. The minimum absolute atomic E-state index is 0.0189. The summed E-state index contributed by atoms with van der Waals surface area (Å²) < 4.78 is 5.51. The number of fused-ring (bicyclic) bond motifs is 1. The highest BCUT2D eigenvalue weighted by molar-refractivity contribution is 5.91. The Bertz CT molecular complexity index is 1550. The average Bonchev–Trinajstić information content (AvgIpc) is 3.42. The van der Waals surface area contributed by atoms with Crippen LogP contribution >= 0.6 is 0 Å². The zero-order valence-corrected chi connectivity index (χ0v) is 23.3. The number of benzene rings is 2. The smallest absolute Gasteiger partial charge is 0.408 e. The Morgan fingerprint density at radius 2 is 1.88 bits per heavy atom. The van der Waals surface area contributed by atoms with Crippen molar-refractivity contribution in [3.05, 3.63) is 102 Å². The topological polar surface area (TPSA) is 120 Å². The summed E-state index contributed by atoms with van der Waals surface area (Å²) in [4.78, 5) is 35.0. The number of carbonyl (C=O) groups is 2. The summed E-state index contributed by atoms with van der Waals surface area (Å²) in [6.45, 7) is 2.15. The first kappa shape index (κ1) is 27.9. The van der Waals surface area contributed by atoms with Gasteiger partial charge in [0.15, 0.2) is 0 Å². The summed E-state index contributed by atoms with van der Waals surface area (Å²) in [5, 5.41) is 16.2. The van der Waals surface area contributed by atoms with Crippen LogP contribution in [0.3, 0.4) is 0 Å². The third-order valence-corrected chi connectivity index (χ3v) is 8.13. The molecule has 0 spiro atoms. The molecule has 1 fully saturated rings. The predicted molar refractivity (Wildman–Crippen MR) is 157 cm³/mol. The van der Waals surface area contributed by atoms with E-state index in [4.69, 9.17) is 10.00 Å². The molecular formula is C33H35N5O3. The lowest BCUT2D eigenvalue weighted by Gasteiger charge is -2.38. The monoisotopic (exact) mass is 549 g/mol. The molecule has 1 unspecified atom stereocenters. The second-order valence-electron chi connectivity index (χ2n) is 11.1. The van der Waals surface area contributed by atoms with E-state index < -0.39 is 11.6 Å². The molecule has 1 aliphatic carbocycles. The molecular weight excluding hydrogens is 514 g/mol. The van der Waals surface area contributed by atoms with Crippen LogP contribution in [0.2, 0.25) is 0 Å². The number of alkyl carbamates (subject to hydrolysis) is 1. The number of ether oxygens (including phenoxy) is 1. The molecule has 1 atom stereocenters. The van der Waals surface area contributed by atoms with Gasteiger partial charge in [0, 0.05) is 47.4 Å². The first-order valence-electron chi connectivity index (χ1n) is 14.1. The summed E-state index contributed by atoms with van der Waals surface area (Å²) in [7, 11) is 0. The van der Waals surface area contributed by atoms with Crippen molar-refractivity contribution in [1.82, 2.24) is 20.6 Å². The maximum atomic E-state index is 14.0. The van der Waals surface area contributed by atoms with Crippen molar-refractivity contribution in [1.29, 1.82) is 5.26 Å². The van der Waals surface area contributed by atoms with Gasteiger partial charge < -0.3 is 20.4 Å². The molecule has 8 heteroatoms. The SMILES string of the molecule is CC(Cc1c[nH]c2ccccc12)(NC(=O)OCc1cccc(C#N)c1)C(=O)NCC1(c2ccccn2)CCCCC1. The molecule has 0 aliphatic heterocycles. The quantitative estimate of drug-likeness (QED) is 0.248. The van der Waals surface area contributed by atoms with Crippen LogP contribution in [-0.4, -0.2) is 34.1 Å². The number of hydrogen-bond acceptors (Lipinski definition) is 5. The summed E-state index contributed by atoms with van der Waals surface area (Å²) >= 11 is 0. The Balaban J connectivity index is 1.36. The highest BCUT2D eigenvalue weighted by atomic mass is 16.5. The van der Waals surface area contributed by atoms with E-state index in [2.05, 4.69) is 26.7 Å². The second kappa shape index (κ2) is 12.3. The van der Waals surface area contributed by atoms with Crippen molar-refractivity contribution in [3.63, 3.8) is 0 Å². The third kappa shape index (κ3) is 6.41. The minimum Gasteiger partial charge on any atom is -0.445 e. The zero-order valence-electron chi connectivity index (χ0n) is 23.3. The fraction of sp³-hybridized carbons (Fsp3) is 0.333. The van der Waals surface area contributed by atoms with Crippen molar-refractivity contribution in [2.45, 2.75) is 63.0 Å². The molecule has 1 saturated carbocycles. The van der Waals surface area contributed by atoms with Crippen LogP contribution in [0.15, 0.2) is 79.1 Å². The molecule has 0 saturated heterocycles. The molecule has 5 rings (SSSR count). The largest absolute Gasteiger partial charge is 0.445 e. The van der Waals surface area contributed by atoms with Gasteiger partial charge in [0.25, 0.3) is 0 Å². The highest BCUT2D eigenvalue weighted by Gasteiger charge is 2.40. The van der Waals surface area contributed by atoms with Gasteiger partial charge in [0.2, 0.25) is 5.91 Å². The number of rotatable bonds is 9. The van der Waals surface area contributed by atoms with E-state index in [1.54, 1.807) is 37.4 Å². The van der Waals surface area contributed by atoms with Crippen LogP contribution in [0, 0.1) is 11.3 Å². The first-order valence-corrected chi connectivity index (χ1v) is 14.1. The molecule has 3 N–H and O–H groups in total. The summed E-state index contributed by atoms with van der Waals surface area (Å²) in [5.41, 5.74) is 2.50. The zero-order chi connectivity index (χ0) is 28.7. The Morgan fingerprint density at radius 1 is 1.07 bits per heavy atom. The number of amides is 2. The van der Waals surface area contributed by atoms with Crippen LogP contribution in [0.5, 0.6) is 0 Å². The summed E-state index contributed by atoms with van der Waals surface area (Å²) in [5.74, 6) is -0.285. The molecule has 2 aromatic carbocycles. The van der Waals surface area contributed by atoms with E-state index in [1.165, 1.54) is 6.42 Å². The Kier molecular flexibility index (Phi) is 8.34. The van der Waals surface area contributed by atoms with Crippen LogP contribution < -0.4 is 10.6 Å². The predicted octanol–water partition coefficient (Wildman–Crippen LogP) is 5.68. The van der Waals surface area contributed by atoms with Crippen molar-refractivity contribution in [2.24, 2.45) is 0 Å². The van der Waals surface area contributed by atoms with Crippen LogP contribution in [0.1, 0.15) is 61.4 Å². The first-order chi connectivity index (χ1) is 19.9. The van der Waals surface area contributed by atoms with E-state index in [0.717, 1.165) is 47.8 Å². The minimum atomic E-state index is -1.30. The standard InChI is InChI=1S/C33H35N5O3/c1-32(19-26-21-36-28-13-4-3-12-27(26)28,38-31(40)41-22-25-11-9-10-24(18-25)20-34)30(39)37-23-33(15-6-2-7-16-33)29-14-5-8-17-35-29/h3-5,8-14,17-18,21,36H,2,6-7,15-16,19,22-23H2,1H3,(H,37,39)(H,38,40). The van der Waals surface area contributed by atoms with Crippen LogP contribution in [-0.2, 0) is 28.0 Å². The number of aromatic amines is 1. The number of nitrogens with zero attached hydrogens (tertiary/aromatic N) is 2. The molecule has 8 nitrogen and oxygen atoms in total. The van der Waals surface area contributed by atoms with Gasteiger partial charge in [-0.1, -0.05) is 55.7 Å². The molecule has 0 bridgehead atoms. The summed E-state index contributed by atoms with van der Waals surface area (Å²) in [6, 6.07) is 22.8. The van der Waals surface area contributed by atoms with E-state index >= 15 is 0 Å². The lowest BCUT2D eigenvalue weighted by Crippen LogP contribution is -2.59. The summed E-state index contributed by atoms with van der Waals surface area (Å²) in [6.07, 6.45) is 8.46. The number of aromatic nitrogens is 2. The Hall–Kier alpha value is -4.64. The van der Waals surface area contributed by atoms with Crippen LogP contribution in [0.25, 0.3) is 10.9 Å². The van der Waals surface area contributed by atoms with E-state index in [9.17, 15) is 9.59 Å². The molecule has 0 radical (unpaired) electrons. The van der Waals surface area contributed by atoms with Gasteiger partial charge in [-0.3, -0.25) is 9.78 Å². The lowest BCUT2D eigenvalue weighted by atomic mass is 9.71. The molecule has 4 aromatic rings. The van der Waals surface area contributed by atoms with Gasteiger partial charge in [-0.15, -0.1) is 0 Å². The molecule has 2 amide bonds. The Morgan fingerprint density at radius 3 is 2.66 bits per heavy atom. The van der Waals surface area contributed by atoms with E-state index in [0.29, 0.717) is 17.7 Å². The number of nitriles is 1. The maximum Gasteiger partial charge on any atom is 0.408 e. The van der Waals surface area contributed by atoms with E-state index in [1.807, 2.05) is 48.7 Å². The molecule has 1 aliphatic rings. The number of para-hydroxylation sites is 1. The lowest BCUT2D eigenvalue weighted by molar-refractivity contribution is -0.127. The third-order valence-electron chi connectivity index (χ3n) is 8.13. The fourth-order valence-corrected chi connectivity index (χ4v) is 5.85. The van der Waals surface area contributed by atoms with Gasteiger partial charge in [-0.05, 0) is 61.2 Å². The van der Waals surface area contributed by atoms with Gasteiger partial charge in [-0.2, -0.15) is 5.26 Å². The van der Waals surface area contributed by atoms with E-state index in [-0.39, 0.29) is 24.3 Å².